The molecule has 0 radical (unpaired) electrons. The maximum Gasteiger partial charge on any atom is 0.306 e. The molecule has 0 aliphatic rings. The van der Waals surface area contributed by atoms with Gasteiger partial charge in [-0.1, -0.05) is 46.0 Å². The van der Waals surface area contributed by atoms with Crippen molar-refractivity contribution in [2.24, 2.45) is 0 Å². The lowest BCUT2D eigenvalue weighted by Gasteiger charge is -2.29. The maximum absolute atomic E-state index is 12.7. The lowest BCUT2D eigenvalue weighted by Crippen LogP contribution is -2.45. The first-order chi connectivity index (χ1) is 14.9. The van der Waals surface area contributed by atoms with Gasteiger partial charge < -0.3 is 24.7 Å². The van der Waals surface area contributed by atoms with Gasteiger partial charge in [0.15, 0.2) is 0 Å². The highest BCUT2D eigenvalue weighted by Crippen LogP contribution is 2.15. The van der Waals surface area contributed by atoms with E-state index in [9.17, 15) is 19.8 Å². The summed E-state index contributed by atoms with van der Waals surface area (Å²) in [7, 11) is 4.05. The van der Waals surface area contributed by atoms with Crippen LogP contribution in [0.3, 0.4) is 0 Å². The van der Waals surface area contributed by atoms with Crippen molar-refractivity contribution in [1.29, 1.82) is 0 Å². The van der Waals surface area contributed by atoms with Crippen LogP contribution in [0.4, 0.5) is 0 Å². The van der Waals surface area contributed by atoms with Gasteiger partial charge in [0.1, 0.15) is 6.10 Å². The number of unbranched alkanes of at least 4 members (excludes halogenated alkanes) is 5. The fourth-order valence-electron chi connectivity index (χ4n) is 3.63. The quantitative estimate of drug-likeness (QED) is 0.221. The van der Waals surface area contributed by atoms with Crippen molar-refractivity contribution >= 4 is 11.9 Å². The zero-order valence-electron chi connectivity index (χ0n) is 20.5. The Morgan fingerprint density at radius 2 is 1.45 bits per heavy atom. The molecule has 0 fully saturated rings. The third kappa shape index (κ3) is 15.3. The van der Waals surface area contributed by atoms with Gasteiger partial charge in [-0.15, -0.1) is 0 Å². The average molecular weight is 445 g/mol. The molecule has 31 heavy (non-hydrogen) atoms. The summed E-state index contributed by atoms with van der Waals surface area (Å²) < 4.78 is 5.64. The molecule has 0 heterocycles. The lowest BCUT2D eigenvalue weighted by atomic mass is 10.1. The maximum atomic E-state index is 12.7. The minimum absolute atomic E-state index is 0.0364. The summed E-state index contributed by atoms with van der Waals surface area (Å²) in [6.07, 6.45) is 10.1. The molecule has 0 rings (SSSR count). The number of hydrogen-bond donors (Lipinski definition) is 2. The van der Waals surface area contributed by atoms with Gasteiger partial charge in [0.05, 0.1) is 25.7 Å². The van der Waals surface area contributed by atoms with Crippen molar-refractivity contribution in [3.8, 4) is 0 Å². The fourth-order valence-corrected chi connectivity index (χ4v) is 3.63. The molecule has 0 saturated heterocycles. The minimum atomic E-state index is -0.622. The summed E-state index contributed by atoms with van der Waals surface area (Å²) in [4.78, 5) is 28.7. The molecule has 184 valence electrons. The summed E-state index contributed by atoms with van der Waals surface area (Å²) in [6, 6.07) is -0.622. The smallest absolute Gasteiger partial charge is 0.306 e. The van der Waals surface area contributed by atoms with E-state index in [4.69, 9.17) is 4.74 Å². The summed E-state index contributed by atoms with van der Waals surface area (Å²) >= 11 is 0. The van der Waals surface area contributed by atoms with Gasteiger partial charge in [-0.3, -0.25) is 9.59 Å². The number of carbonyl (C=O) groups is 2. The predicted molar refractivity (Wildman–Crippen MR) is 125 cm³/mol. The normalized spacial score (nSPS) is 12.4. The van der Waals surface area contributed by atoms with Crippen molar-refractivity contribution in [2.45, 2.75) is 103 Å². The second kappa shape index (κ2) is 19.5. The molecule has 0 aromatic carbocycles. The van der Waals surface area contributed by atoms with E-state index in [2.05, 4.69) is 18.7 Å². The third-order valence-corrected chi connectivity index (χ3v) is 5.52. The highest BCUT2D eigenvalue weighted by Gasteiger charge is 2.23. The molecule has 7 nitrogen and oxygen atoms in total. The van der Waals surface area contributed by atoms with Gasteiger partial charge in [0.25, 0.3) is 0 Å². The van der Waals surface area contributed by atoms with Crippen molar-refractivity contribution in [3.05, 3.63) is 0 Å². The largest absolute Gasteiger partial charge is 0.462 e. The number of amides is 1. The molecule has 0 aliphatic carbocycles. The molecule has 0 bridgehead atoms. The van der Waals surface area contributed by atoms with Crippen LogP contribution in [0.15, 0.2) is 0 Å². The monoisotopic (exact) mass is 444 g/mol. The van der Waals surface area contributed by atoms with Crippen LogP contribution in [0, 0.1) is 0 Å². The third-order valence-electron chi connectivity index (χ3n) is 5.52. The Morgan fingerprint density at radius 1 is 0.806 bits per heavy atom. The van der Waals surface area contributed by atoms with E-state index in [0.717, 1.165) is 57.9 Å². The van der Waals surface area contributed by atoms with Gasteiger partial charge in [0.2, 0.25) is 5.91 Å². The molecule has 7 heteroatoms. The zero-order chi connectivity index (χ0) is 23.5. The van der Waals surface area contributed by atoms with Gasteiger partial charge >= 0.3 is 5.97 Å². The van der Waals surface area contributed by atoms with Crippen molar-refractivity contribution in [3.63, 3.8) is 0 Å². The molecular weight excluding hydrogens is 396 g/mol. The van der Waals surface area contributed by atoms with E-state index in [0.29, 0.717) is 6.54 Å². The van der Waals surface area contributed by atoms with Gasteiger partial charge in [-0.2, -0.15) is 0 Å². The summed E-state index contributed by atoms with van der Waals surface area (Å²) in [5.74, 6) is -0.551. The molecule has 1 amide bonds. The fraction of sp³-hybridized carbons (Fsp3) is 0.917. The van der Waals surface area contributed by atoms with Gasteiger partial charge in [0, 0.05) is 13.0 Å². The molecule has 0 aromatic heterocycles. The van der Waals surface area contributed by atoms with E-state index in [1.807, 2.05) is 14.1 Å². The number of hydrogen-bond acceptors (Lipinski definition) is 6. The number of aliphatic hydroxyl groups excluding tert-OH is 2. The molecule has 0 aliphatic heterocycles. The molecule has 0 saturated carbocycles. The van der Waals surface area contributed by atoms with Crippen molar-refractivity contribution < 1.29 is 24.5 Å². The molecule has 1 atom stereocenters. The SMILES string of the molecule is CCCCCCC(CCC)OC(=O)CCC(=O)N(CCCCCN(C)C)C(CO)CO. The average Bonchev–Trinajstić information content (AvgIpc) is 2.74. The minimum Gasteiger partial charge on any atom is -0.462 e. The van der Waals surface area contributed by atoms with Crippen LogP contribution in [0.1, 0.15) is 90.9 Å². The Morgan fingerprint density at radius 3 is 2.03 bits per heavy atom. The topological polar surface area (TPSA) is 90.3 Å². The molecule has 1 unspecified atom stereocenters. The first-order valence-electron chi connectivity index (χ1n) is 12.2. The Bertz CT molecular complexity index is 455. The van der Waals surface area contributed by atoms with E-state index in [1.54, 1.807) is 0 Å². The number of nitrogens with zero attached hydrogens (tertiary/aromatic N) is 2. The molecule has 0 aromatic rings. The number of carbonyl (C=O) groups excluding carboxylic acids is 2. The standard InChI is InChI=1S/C24H48N2O5/c1-5-7-8-10-14-22(13-6-2)31-24(30)16-15-23(29)26(21(19-27)20-28)18-12-9-11-17-25(3)4/h21-22,27-28H,5-20H2,1-4H3. The number of ether oxygens (including phenoxy) is 1. The van der Waals surface area contributed by atoms with Crippen LogP contribution in [0.5, 0.6) is 0 Å². The second-order valence-corrected chi connectivity index (χ2v) is 8.72. The first kappa shape index (κ1) is 29.8. The van der Waals surface area contributed by atoms with Gasteiger partial charge in [-0.25, -0.2) is 0 Å². The van der Waals surface area contributed by atoms with Crippen LogP contribution in [0.2, 0.25) is 0 Å². The van der Waals surface area contributed by atoms with E-state index in [-0.39, 0.29) is 44.0 Å². The highest BCUT2D eigenvalue weighted by atomic mass is 16.5. The Balaban J connectivity index is 4.55. The van der Waals surface area contributed by atoms with Gasteiger partial charge in [-0.05, 0) is 52.7 Å². The van der Waals surface area contributed by atoms with Crippen LogP contribution in [-0.4, -0.2) is 84.4 Å². The second-order valence-electron chi connectivity index (χ2n) is 8.72. The molecule has 2 N–H and O–H groups in total. The zero-order valence-corrected chi connectivity index (χ0v) is 20.5. The van der Waals surface area contributed by atoms with Crippen LogP contribution >= 0.6 is 0 Å². The Labute approximate surface area is 190 Å². The Hall–Kier alpha value is -1.18. The highest BCUT2D eigenvalue weighted by molar-refractivity contribution is 5.81. The molecule has 0 spiro atoms. The van der Waals surface area contributed by atoms with Crippen molar-refractivity contribution in [2.75, 3.05) is 40.4 Å². The Kier molecular flexibility index (Phi) is 18.8. The van der Waals surface area contributed by atoms with Crippen LogP contribution in [0.25, 0.3) is 0 Å². The van der Waals surface area contributed by atoms with Crippen molar-refractivity contribution in [1.82, 2.24) is 9.80 Å². The lowest BCUT2D eigenvalue weighted by molar-refractivity contribution is -0.152. The number of esters is 1. The summed E-state index contributed by atoms with van der Waals surface area (Å²) in [6.45, 7) is 5.13. The summed E-state index contributed by atoms with van der Waals surface area (Å²) in [5, 5.41) is 19.1. The summed E-state index contributed by atoms with van der Waals surface area (Å²) in [5.41, 5.74) is 0. The number of rotatable bonds is 20. The van der Waals surface area contributed by atoms with E-state index < -0.39 is 6.04 Å². The van der Waals surface area contributed by atoms with Crippen LogP contribution in [-0.2, 0) is 14.3 Å². The van der Waals surface area contributed by atoms with E-state index >= 15 is 0 Å². The molecular formula is C24H48N2O5. The predicted octanol–water partition coefficient (Wildman–Crippen LogP) is 3.36. The van der Waals surface area contributed by atoms with Crippen LogP contribution < -0.4 is 0 Å². The first-order valence-corrected chi connectivity index (χ1v) is 12.2. The van der Waals surface area contributed by atoms with E-state index in [1.165, 1.54) is 17.7 Å². The number of aliphatic hydroxyl groups is 2.